The first kappa shape index (κ1) is 15.7. The van der Waals surface area contributed by atoms with E-state index in [1.54, 1.807) is 0 Å². The van der Waals surface area contributed by atoms with Crippen LogP contribution in [0.2, 0.25) is 0 Å². The topological polar surface area (TPSA) is 79.6 Å². The number of imidazole rings is 1. The third-order valence-corrected chi connectivity index (χ3v) is 3.65. The molecule has 0 spiro atoms. The molecule has 0 fully saturated rings. The van der Waals surface area contributed by atoms with Gasteiger partial charge in [-0.25, -0.2) is 4.98 Å². The van der Waals surface area contributed by atoms with Gasteiger partial charge in [0.2, 0.25) is 0 Å². The summed E-state index contributed by atoms with van der Waals surface area (Å²) in [5.41, 5.74) is 9.14. The van der Waals surface area contributed by atoms with E-state index in [-0.39, 0.29) is 0 Å². The van der Waals surface area contributed by atoms with Gasteiger partial charge >= 0.3 is 0 Å². The van der Waals surface area contributed by atoms with Crippen LogP contribution in [0, 0.1) is 13.8 Å². The van der Waals surface area contributed by atoms with Gasteiger partial charge in [-0.05, 0) is 44.9 Å². The van der Waals surface area contributed by atoms with Gasteiger partial charge in [0, 0.05) is 37.1 Å². The summed E-state index contributed by atoms with van der Waals surface area (Å²) in [6.45, 7) is 5.58. The van der Waals surface area contributed by atoms with Crippen LogP contribution < -0.4 is 11.1 Å². The summed E-state index contributed by atoms with van der Waals surface area (Å²) < 4.78 is 0. The summed E-state index contributed by atoms with van der Waals surface area (Å²) in [7, 11) is 0. The Labute approximate surface area is 126 Å². The average Bonchev–Trinajstić information content (AvgIpc) is 2.88. The molecule has 2 aromatic rings. The monoisotopic (exact) mass is 287 g/mol. The highest BCUT2D eigenvalue weighted by atomic mass is 15.0. The molecule has 2 rings (SSSR count). The molecule has 5 heteroatoms. The van der Waals surface area contributed by atoms with Crippen molar-refractivity contribution in [3.63, 3.8) is 0 Å². The largest absolute Gasteiger partial charge is 0.346 e. The summed E-state index contributed by atoms with van der Waals surface area (Å²) in [6, 6.07) is 4.45. The quantitative estimate of drug-likeness (QED) is 0.692. The van der Waals surface area contributed by atoms with Crippen LogP contribution in [0.3, 0.4) is 0 Å². The number of hydrogen-bond donors (Lipinski definition) is 3. The number of rotatable bonds is 8. The van der Waals surface area contributed by atoms with Crippen LogP contribution in [0.15, 0.2) is 24.5 Å². The van der Waals surface area contributed by atoms with Gasteiger partial charge in [0.25, 0.3) is 0 Å². The molecular weight excluding hydrogens is 262 g/mol. The molecule has 0 aliphatic carbocycles. The van der Waals surface area contributed by atoms with E-state index in [1.807, 2.05) is 25.4 Å². The lowest BCUT2D eigenvalue weighted by Gasteiger charge is -2.18. The lowest BCUT2D eigenvalue weighted by atomic mass is 10.1. The minimum Gasteiger partial charge on any atom is -0.346 e. The number of nitrogens with zero attached hydrogens (tertiary/aromatic N) is 2. The molecule has 0 bridgehead atoms. The van der Waals surface area contributed by atoms with Gasteiger partial charge in [-0.1, -0.05) is 6.07 Å². The van der Waals surface area contributed by atoms with Crippen LogP contribution in [0.1, 0.15) is 35.6 Å². The van der Waals surface area contributed by atoms with E-state index in [1.165, 1.54) is 11.3 Å². The van der Waals surface area contributed by atoms with Crippen molar-refractivity contribution in [1.82, 2.24) is 20.3 Å². The molecule has 2 heterocycles. The van der Waals surface area contributed by atoms with Gasteiger partial charge in [0.1, 0.15) is 5.82 Å². The lowest BCUT2D eigenvalue weighted by Crippen LogP contribution is -2.32. The second-order valence-electron chi connectivity index (χ2n) is 5.47. The summed E-state index contributed by atoms with van der Waals surface area (Å²) in [5, 5.41) is 3.60. The Morgan fingerprint density at radius 2 is 2.19 bits per heavy atom. The second kappa shape index (κ2) is 7.90. The fraction of sp³-hybridized carbons (Fsp3) is 0.500. The SMILES string of the molecule is Cc1ncc(CC(CCCN)NCc2ncccc2C)[nH]1. The highest BCUT2D eigenvalue weighted by molar-refractivity contribution is 5.17. The van der Waals surface area contributed by atoms with Gasteiger partial charge in [0.05, 0.1) is 5.69 Å². The third kappa shape index (κ3) is 4.95. The minimum atomic E-state index is 0.384. The zero-order valence-corrected chi connectivity index (χ0v) is 12.9. The number of nitrogens with one attached hydrogen (secondary N) is 2. The van der Waals surface area contributed by atoms with Crippen molar-refractivity contribution < 1.29 is 0 Å². The Balaban J connectivity index is 1.94. The number of pyridine rings is 1. The van der Waals surface area contributed by atoms with Crippen LogP contribution in [0.25, 0.3) is 0 Å². The molecular formula is C16H25N5. The molecule has 0 saturated heterocycles. The first-order chi connectivity index (χ1) is 10.2. The van der Waals surface area contributed by atoms with E-state index >= 15 is 0 Å². The van der Waals surface area contributed by atoms with Crippen LogP contribution >= 0.6 is 0 Å². The van der Waals surface area contributed by atoms with E-state index in [4.69, 9.17) is 5.73 Å². The normalized spacial score (nSPS) is 12.5. The summed E-state index contributed by atoms with van der Waals surface area (Å²) in [6.07, 6.45) is 6.77. The predicted octanol–water partition coefficient (Wildman–Crippen LogP) is 1.86. The third-order valence-electron chi connectivity index (χ3n) is 3.65. The maximum atomic E-state index is 5.65. The molecule has 0 aliphatic heterocycles. The lowest BCUT2D eigenvalue weighted by molar-refractivity contribution is 0.459. The molecule has 114 valence electrons. The van der Waals surface area contributed by atoms with Crippen molar-refractivity contribution in [3.05, 3.63) is 47.3 Å². The Bertz CT molecular complexity index is 549. The van der Waals surface area contributed by atoms with E-state index in [0.717, 1.165) is 43.9 Å². The fourth-order valence-corrected chi connectivity index (χ4v) is 2.43. The molecule has 4 N–H and O–H groups in total. The highest BCUT2D eigenvalue weighted by Gasteiger charge is 2.11. The molecule has 1 atom stereocenters. The van der Waals surface area contributed by atoms with Crippen molar-refractivity contribution in [2.24, 2.45) is 5.73 Å². The Kier molecular flexibility index (Phi) is 5.90. The molecule has 0 aliphatic rings. The highest BCUT2D eigenvalue weighted by Crippen LogP contribution is 2.08. The van der Waals surface area contributed by atoms with Crippen molar-refractivity contribution in [3.8, 4) is 0 Å². The molecule has 0 amide bonds. The smallest absolute Gasteiger partial charge is 0.103 e. The number of aromatic amines is 1. The van der Waals surface area contributed by atoms with E-state index in [0.29, 0.717) is 6.04 Å². The average molecular weight is 287 g/mol. The van der Waals surface area contributed by atoms with Crippen LogP contribution in [0.5, 0.6) is 0 Å². The van der Waals surface area contributed by atoms with Crippen molar-refractivity contribution in [2.75, 3.05) is 6.54 Å². The predicted molar refractivity (Wildman–Crippen MR) is 84.9 cm³/mol. The minimum absolute atomic E-state index is 0.384. The number of H-pyrrole nitrogens is 1. The van der Waals surface area contributed by atoms with Gasteiger partial charge < -0.3 is 16.0 Å². The zero-order valence-electron chi connectivity index (χ0n) is 12.9. The Hall–Kier alpha value is -1.72. The molecule has 2 aromatic heterocycles. The number of nitrogens with two attached hydrogens (primary N) is 1. The maximum absolute atomic E-state index is 5.65. The van der Waals surface area contributed by atoms with E-state index < -0.39 is 0 Å². The fourth-order valence-electron chi connectivity index (χ4n) is 2.43. The first-order valence-electron chi connectivity index (χ1n) is 7.53. The van der Waals surface area contributed by atoms with Crippen LogP contribution in [0.4, 0.5) is 0 Å². The zero-order chi connectivity index (χ0) is 15.1. The van der Waals surface area contributed by atoms with Crippen molar-refractivity contribution in [2.45, 2.75) is 45.7 Å². The molecule has 1 unspecified atom stereocenters. The van der Waals surface area contributed by atoms with Crippen LogP contribution in [-0.2, 0) is 13.0 Å². The molecule has 0 radical (unpaired) electrons. The van der Waals surface area contributed by atoms with Gasteiger partial charge in [-0.15, -0.1) is 0 Å². The first-order valence-corrected chi connectivity index (χ1v) is 7.53. The van der Waals surface area contributed by atoms with Crippen molar-refractivity contribution in [1.29, 1.82) is 0 Å². The van der Waals surface area contributed by atoms with Gasteiger partial charge in [-0.2, -0.15) is 0 Å². The van der Waals surface area contributed by atoms with E-state index in [9.17, 15) is 0 Å². The molecule has 0 aromatic carbocycles. The Morgan fingerprint density at radius 1 is 1.33 bits per heavy atom. The second-order valence-corrected chi connectivity index (χ2v) is 5.47. The molecule has 21 heavy (non-hydrogen) atoms. The van der Waals surface area contributed by atoms with Crippen LogP contribution in [-0.4, -0.2) is 27.5 Å². The molecule has 0 saturated carbocycles. The Morgan fingerprint density at radius 3 is 2.86 bits per heavy atom. The standard InChI is InChI=1S/C16H25N5/c1-12-5-4-8-18-16(12)11-20-14(6-3-7-17)9-15-10-19-13(2)21-15/h4-5,8,10,14,20H,3,6-7,9,11,17H2,1-2H3,(H,19,21). The maximum Gasteiger partial charge on any atom is 0.103 e. The van der Waals surface area contributed by atoms with Gasteiger partial charge in [-0.3, -0.25) is 4.98 Å². The summed E-state index contributed by atoms with van der Waals surface area (Å²) in [5.74, 6) is 0.961. The number of aryl methyl sites for hydroxylation is 2. The molecule has 5 nitrogen and oxygen atoms in total. The summed E-state index contributed by atoms with van der Waals surface area (Å²) >= 11 is 0. The number of hydrogen-bond acceptors (Lipinski definition) is 4. The van der Waals surface area contributed by atoms with Crippen molar-refractivity contribution >= 4 is 0 Å². The van der Waals surface area contributed by atoms with E-state index in [2.05, 4.69) is 33.3 Å². The number of aromatic nitrogens is 3. The summed E-state index contributed by atoms with van der Waals surface area (Å²) in [4.78, 5) is 12.0. The van der Waals surface area contributed by atoms with Gasteiger partial charge in [0.15, 0.2) is 0 Å².